The number of carbonyl (C=O) groups excluding carboxylic acids is 1. The number of anilines is 1. The van der Waals surface area contributed by atoms with E-state index in [1.54, 1.807) is 0 Å². The third-order valence-electron chi connectivity index (χ3n) is 3.33. The van der Waals surface area contributed by atoms with Gasteiger partial charge in [-0.2, -0.15) is 0 Å². The van der Waals surface area contributed by atoms with Crippen molar-refractivity contribution in [1.82, 2.24) is 4.90 Å². The molecule has 1 fully saturated rings. The molecule has 1 amide bonds. The van der Waals surface area contributed by atoms with Gasteiger partial charge in [-0.05, 0) is 63.4 Å². The summed E-state index contributed by atoms with van der Waals surface area (Å²) >= 11 is 10.3. The minimum Gasteiger partial charge on any atom is -0.395 e. The van der Waals surface area contributed by atoms with Gasteiger partial charge in [0.05, 0.1) is 18.8 Å². The predicted molar refractivity (Wildman–Crippen MR) is 89.9 cm³/mol. The molecule has 2 N–H and O–H groups in total. The van der Waals surface area contributed by atoms with Crippen LogP contribution in [0.2, 0.25) is 0 Å². The van der Waals surface area contributed by atoms with E-state index < -0.39 is 0 Å². The quantitative estimate of drug-likeness (QED) is 0.709. The number of hydrogen-bond acceptors (Lipinski definition) is 3. The summed E-state index contributed by atoms with van der Waals surface area (Å²) in [6, 6.07) is 3.87. The zero-order valence-corrected chi connectivity index (χ0v) is 15.5. The number of amides is 1. The lowest BCUT2D eigenvalue weighted by molar-refractivity contribution is -0.117. The number of likely N-dealkylation sites (tertiary alicyclic amines) is 1. The van der Waals surface area contributed by atoms with E-state index in [-0.39, 0.29) is 18.6 Å². The van der Waals surface area contributed by atoms with E-state index in [1.165, 1.54) is 0 Å². The van der Waals surface area contributed by atoms with Gasteiger partial charge in [0.2, 0.25) is 5.91 Å². The Morgan fingerprint density at radius 1 is 1.35 bits per heavy atom. The maximum Gasteiger partial charge on any atom is 0.238 e. The molecule has 1 aromatic rings. The smallest absolute Gasteiger partial charge is 0.238 e. The molecule has 0 aliphatic carbocycles. The number of carbonyl (C=O) groups is 1. The van der Waals surface area contributed by atoms with Gasteiger partial charge < -0.3 is 10.4 Å². The predicted octanol–water partition coefficient (Wildman–Crippen LogP) is 3.37. The van der Waals surface area contributed by atoms with Crippen molar-refractivity contribution in [2.45, 2.75) is 18.9 Å². The van der Waals surface area contributed by atoms with Crippen molar-refractivity contribution in [1.29, 1.82) is 0 Å². The van der Waals surface area contributed by atoms with Crippen molar-refractivity contribution >= 4 is 59.4 Å². The molecule has 1 atom stereocenters. The Morgan fingerprint density at radius 3 is 2.60 bits per heavy atom. The third-order valence-corrected chi connectivity index (χ3v) is 5.04. The van der Waals surface area contributed by atoms with Crippen LogP contribution >= 0.6 is 47.8 Å². The maximum atomic E-state index is 12.1. The number of nitrogens with one attached hydrogen (secondary N) is 1. The number of halogens is 3. The fraction of sp³-hybridized carbons (Fsp3) is 0.462. The first-order valence-corrected chi connectivity index (χ1v) is 8.68. The molecular formula is C13H15Br3N2O2. The number of aliphatic hydroxyl groups is 1. The number of benzene rings is 1. The van der Waals surface area contributed by atoms with Crippen molar-refractivity contribution in [2.75, 3.05) is 25.0 Å². The zero-order valence-electron chi connectivity index (χ0n) is 10.7. The summed E-state index contributed by atoms with van der Waals surface area (Å²) in [6.07, 6.45) is 1.99. The highest BCUT2D eigenvalue weighted by Crippen LogP contribution is 2.34. The van der Waals surface area contributed by atoms with Gasteiger partial charge in [0.1, 0.15) is 0 Å². The first-order valence-electron chi connectivity index (χ1n) is 6.30. The summed E-state index contributed by atoms with van der Waals surface area (Å²) in [7, 11) is 0. The normalized spacial score (nSPS) is 19.3. The Labute approximate surface area is 143 Å². The molecule has 0 aromatic heterocycles. The van der Waals surface area contributed by atoms with E-state index in [0.717, 1.165) is 38.5 Å². The summed E-state index contributed by atoms with van der Waals surface area (Å²) in [5, 5.41) is 12.2. The highest BCUT2D eigenvalue weighted by Gasteiger charge is 2.25. The first-order chi connectivity index (χ1) is 9.51. The zero-order chi connectivity index (χ0) is 14.7. The molecule has 0 unspecified atom stereocenters. The molecule has 1 aliphatic heterocycles. The molecule has 0 bridgehead atoms. The molecular weight excluding hydrogens is 456 g/mol. The minimum atomic E-state index is -0.0749. The SMILES string of the molecule is O=C(CN1CCC[C@H]1CO)Nc1c(Br)cc(Br)cc1Br. The molecule has 1 aromatic carbocycles. The average Bonchev–Trinajstić information content (AvgIpc) is 2.81. The van der Waals surface area contributed by atoms with Gasteiger partial charge in [-0.15, -0.1) is 0 Å². The highest BCUT2D eigenvalue weighted by molar-refractivity contribution is 9.11. The number of hydrogen-bond donors (Lipinski definition) is 2. The summed E-state index contributed by atoms with van der Waals surface area (Å²) in [5.74, 6) is -0.0749. The third kappa shape index (κ3) is 4.04. The van der Waals surface area contributed by atoms with Gasteiger partial charge in [-0.25, -0.2) is 0 Å². The number of nitrogens with zero attached hydrogens (tertiary/aromatic N) is 1. The maximum absolute atomic E-state index is 12.1. The van der Waals surface area contributed by atoms with Gasteiger partial charge in [0, 0.05) is 19.5 Å². The van der Waals surface area contributed by atoms with Crippen molar-refractivity contribution < 1.29 is 9.90 Å². The van der Waals surface area contributed by atoms with Gasteiger partial charge in [-0.1, -0.05) is 15.9 Å². The second-order valence-corrected chi connectivity index (χ2v) is 7.37. The van der Waals surface area contributed by atoms with Crippen LogP contribution in [0.25, 0.3) is 0 Å². The molecule has 4 nitrogen and oxygen atoms in total. The molecule has 0 saturated carbocycles. The monoisotopic (exact) mass is 468 g/mol. The molecule has 2 rings (SSSR count). The molecule has 1 heterocycles. The Bertz CT molecular complexity index is 487. The summed E-state index contributed by atoms with van der Waals surface area (Å²) in [6.45, 7) is 1.28. The van der Waals surface area contributed by atoms with Gasteiger partial charge in [0.25, 0.3) is 0 Å². The fourth-order valence-corrected chi connectivity index (χ4v) is 4.79. The van der Waals surface area contributed by atoms with Crippen LogP contribution in [-0.2, 0) is 4.79 Å². The van der Waals surface area contributed by atoms with Crippen LogP contribution in [0.4, 0.5) is 5.69 Å². The van der Waals surface area contributed by atoms with Crippen molar-refractivity contribution in [3.05, 3.63) is 25.6 Å². The van der Waals surface area contributed by atoms with E-state index in [1.807, 2.05) is 17.0 Å². The van der Waals surface area contributed by atoms with E-state index in [2.05, 4.69) is 53.1 Å². The minimum absolute atomic E-state index is 0.0749. The van der Waals surface area contributed by atoms with Crippen LogP contribution in [0.1, 0.15) is 12.8 Å². The lowest BCUT2D eigenvalue weighted by atomic mass is 10.2. The van der Waals surface area contributed by atoms with Gasteiger partial charge in [-0.3, -0.25) is 9.69 Å². The Hall–Kier alpha value is 0.0500. The van der Waals surface area contributed by atoms with Crippen LogP contribution in [0.15, 0.2) is 25.6 Å². The van der Waals surface area contributed by atoms with Crippen LogP contribution in [-0.4, -0.2) is 41.7 Å². The summed E-state index contributed by atoms with van der Waals surface area (Å²) in [5.41, 5.74) is 0.720. The fourth-order valence-electron chi connectivity index (χ4n) is 2.34. The lowest BCUT2D eigenvalue weighted by Crippen LogP contribution is -2.38. The van der Waals surface area contributed by atoms with Crippen LogP contribution in [0.3, 0.4) is 0 Å². The Kier molecular flexibility index (Phi) is 6.04. The van der Waals surface area contributed by atoms with Crippen LogP contribution in [0, 0.1) is 0 Å². The molecule has 0 radical (unpaired) electrons. The van der Waals surface area contributed by atoms with Crippen LogP contribution in [0.5, 0.6) is 0 Å². The summed E-state index contributed by atoms with van der Waals surface area (Å²) in [4.78, 5) is 14.2. The molecule has 1 saturated heterocycles. The van der Waals surface area contributed by atoms with E-state index >= 15 is 0 Å². The van der Waals surface area contributed by atoms with Gasteiger partial charge in [0.15, 0.2) is 0 Å². The molecule has 0 spiro atoms. The van der Waals surface area contributed by atoms with Crippen molar-refractivity contribution in [3.8, 4) is 0 Å². The van der Waals surface area contributed by atoms with E-state index in [9.17, 15) is 9.90 Å². The first kappa shape index (κ1) is 16.4. The standard InChI is InChI=1S/C13H15Br3N2O2/c14-8-4-10(15)13(11(16)5-8)17-12(20)6-18-3-1-2-9(18)7-19/h4-5,9,19H,1-3,6-7H2,(H,17,20)/t9-/m0/s1. The van der Waals surface area contributed by atoms with E-state index in [0.29, 0.717) is 6.54 Å². The second kappa shape index (κ2) is 7.35. The van der Waals surface area contributed by atoms with E-state index in [4.69, 9.17) is 0 Å². The van der Waals surface area contributed by atoms with Crippen molar-refractivity contribution in [2.24, 2.45) is 0 Å². The largest absolute Gasteiger partial charge is 0.395 e. The molecule has 7 heteroatoms. The Balaban J connectivity index is 2.01. The number of rotatable bonds is 4. The lowest BCUT2D eigenvalue weighted by Gasteiger charge is -2.22. The topological polar surface area (TPSA) is 52.6 Å². The number of aliphatic hydroxyl groups excluding tert-OH is 1. The Morgan fingerprint density at radius 2 is 2.00 bits per heavy atom. The second-order valence-electron chi connectivity index (χ2n) is 4.74. The molecule has 20 heavy (non-hydrogen) atoms. The van der Waals surface area contributed by atoms with Crippen LogP contribution < -0.4 is 5.32 Å². The van der Waals surface area contributed by atoms with Crippen molar-refractivity contribution in [3.63, 3.8) is 0 Å². The molecule has 110 valence electrons. The highest BCUT2D eigenvalue weighted by atomic mass is 79.9. The average molecular weight is 471 g/mol. The summed E-state index contributed by atoms with van der Waals surface area (Å²) < 4.78 is 2.55. The van der Waals surface area contributed by atoms with Gasteiger partial charge >= 0.3 is 0 Å². The molecule has 1 aliphatic rings.